The van der Waals surface area contributed by atoms with Gasteiger partial charge in [-0.1, -0.05) is 26.2 Å². The Hall–Kier alpha value is -1.30. The van der Waals surface area contributed by atoms with E-state index in [-0.39, 0.29) is 25.0 Å². The molecule has 3 atom stereocenters. The smallest absolute Gasteiger partial charge is 0.326 e. The second-order valence-corrected chi connectivity index (χ2v) is 6.26. The van der Waals surface area contributed by atoms with Crippen molar-refractivity contribution >= 4 is 12.0 Å². The van der Waals surface area contributed by atoms with Crippen LogP contribution in [0.15, 0.2) is 0 Å². The van der Waals surface area contributed by atoms with Gasteiger partial charge in [0.25, 0.3) is 0 Å². The normalized spacial score (nSPS) is 28.4. The molecule has 0 spiro atoms. The van der Waals surface area contributed by atoms with Crippen LogP contribution in [0, 0.1) is 5.92 Å². The van der Waals surface area contributed by atoms with E-state index in [1.54, 1.807) is 0 Å². The molecule has 1 unspecified atom stereocenters. The molecule has 1 aliphatic heterocycles. The van der Waals surface area contributed by atoms with Crippen molar-refractivity contribution in [3.63, 3.8) is 0 Å². The molecule has 1 heterocycles. The number of hydrogen-bond donors (Lipinski definition) is 3. The molecule has 120 valence electrons. The van der Waals surface area contributed by atoms with Gasteiger partial charge in [0.05, 0.1) is 6.10 Å². The Kier molecular flexibility index (Phi) is 5.45. The van der Waals surface area contributed by atoms with Crippen molar-refractivity contribution in [3.05, 3.63) is 0 Å². The van der Waals surface area contributed by atoms with Crippen molar-refractivity contribution < 1.29 is 19.8 Å². The van der Waals surface area contributed by atoms with E-state index in [0.717, 1.165) is 19.3 Å². The van der Waals surface area contributed by atoms with Crippen molar-refractivity contribution in [1.29, 1.82) is 0 Å². The Morgan fingerprint density at radius 1 is 1.29 bits per heavy atom. The molecule has 1 saturated heterocycles. The average molecular weight is 298 g/mol. The van der Waals surface area contributed by atoms with E-state index in [4.69, 9.17) is 5.11 Å². The lowest BCUT2D eigenvalue weighted by Gasteiger charge is -2.32. The summed E-state index contributed by atoms with van der Waals surface area (Å²) in [5.41, 5.74) is 0. The number of nitrogens with one attached hydrogen (secondary N) is 1. The lowest BCUT2D eigenvalue weighted by molar-refractivity contribution is -0.141. The van der Waals surface area contributed by atoms with Gasteiger partial charge < -0.3 is 20.4 Å². The molecular formula is C15H26N2O4. The molecule has 3 N–H and O–H groups in total. The van der Waals surface area contributed by atoms with Crippen LogP contribution in [0.4, 0.5) is 4.79 Å². The van der Waals surface area contributed by atoms with Gasteiger partial charge in [0.2, 0.25) is 0 Å². The minimum Gasteiger partial charge on any atom is -0.480 e. The minimum absolute atomic E-state index is 0.101. The van der Waals surface area contributed by atoms with Crippen LogP contribution < -0.4 is 5.32 Å². The number of carbonyl (C=O) groups excluding carboxylic acids is 1. The maximum absolute atomic E-state index is 12.4. The van der Waals surface area contributed by atoms with Crippen LogP contribution >= 0.6 is 0 Å². The summed E-state index contributed by atoms with van der Waals surface area (Å²) in [6.45, 7) is 2.15. The lowest BCUT2D eigenvalue weighted by Crippen LogP contribution is -2.51. The largest absolute Gasteiger partial charge is 0.480 e. The number of aliphatic hydroxyl groups is 1. The third-order valence-electron chi connectivity index (χ3n) is 4.79. The SMILES string of the molecule is CCC(NC(=O)N1C[C@H](O)C[C@@H]1C(=O)O)C1CCCCC1. The Bertz CT molecular complexity index is 382. The third-order valence-corrected chi connectivity index (χ3v) is 4.79. The fraction of sp³-hybridized carbons (Fsp3) is 0.867. The van der Waals surface area contributed by atoms with Crippen LogP contribution in [-0.4, -0.2) is 51.8 Å². The highest BCUT2D eigenvalue weighted by Gasteiger charge is 2.39. The number of urea groups is 1. The Balaban J connectivity index is 1.96. The maximum atomic E-state index is 12.4. The zero-order valence-corrected chi connectivity index (χ0v) is 12.6. The molecule has 0 aromatic heterocycles. The third kappa shape index (κ3) is 3.87. The van der Waals surface area contributed by atoms with Crippen molar-refractivity contribution in [2.45, 2.75) is 70.1 Å². The molecule has 6 nitrogen and oxygen atoms in total. The van der Waals surface area contributed by atoms with Crippen LogP contribution in [0.25, 0.3) is 0 Å². The predicted octanol–water partition coefficient (Wildman–Crippen LogP) is 1.57. The molecular weight excluding hydrogens is 272 g/mol. The minimum atomic E-state index is -1.05. The number of β-amino-alcohol motifs (C(OH)–C–C–N with tert-alkyl or cyclic N) is 1. The lowest BCUT2D eigenvalue weighted by atomic mass is 9.83. The molecule has 2 fully saturated rings. The summed E-state index contributed by atoms with van der Waals surface area (Å²) in [6.07, 6.45) is 6.15. The number of carbonyl (C=O) groups is 2. The molecule has 0 aromatic carbocycles. The Morgan fingerprint density at radius 2 is 1.95 bits per heavy atom. The summed E-state index contributed by atoms with van der Waals surface area (Å²) in [5, 5.41) is 21.8. The summed E-state index contributed by atoms with van der Waals surface area (Å²) in [6, 6.07) is -1.16. The number of rotatable bonds is 4. The number of carboxylic acids is 1. The van der Waals surface area contributed by atoms with Gasteiger partial charge >= 0.3 is 12.0 Å². The highest BCUT2D eigenvalue weighted by molar-refractivity contribution is 5.83. The second-order valence-electron chi connectivity index (χ2n) is 6.26. The summed E-state index contributed by atoms with van der Waals surface area (Å²) < 4.78 is 0. The van der Waals surface area contributed by atoms with Gasteiger partial charge in [-0.3, -0.25) is 0 Å². The summed E-state index contributed by atoms with van der Waals surface area (Å²) in [4.78, 5) is 24.8. The van der Waals surface area contributed by atoms with Gasteiger partial charge in [-0.15, -0.1) is 0 Å². The fourth-order valence-electron chi connectivity index (χ4n) is 3.60. The number of aliphatic carboxylic acids is 1. The van der Waals surface area contributed by atoms with Crippen LogP contribution in [0.1, 0.15) is 51.9 Å². The molecule has 2 rings (SSSR count). The second kappa shape index (κ2) is 7.11. The fourth-order valence-corrected chi connectivity index (χ4v) is 3.60. The summed E-state index contributed by atoms with van der Waals surface area (Å²) >= 11 is 0. The van der Waals surface area contributed by atoms with Crippen molar-refractivity contribution in [2.24, 2.45) is 5.92 Å². The first-order valence-electron chi connectivity index (χ1n) is 8.01. The van der Waals surface area contributed by atoms with Crippen molar-refractivity contribution in [1.82, 2.24) is 10.2 Å². The maximum Gasteiger partial charge on any atom is 0.326 e. The molecule has 2 amide bonds. The van der Waals surface area contributed by atoms with E-state index in [2.05, 4.69) is 5.32 Å². The molecule has 0 radical (unpaired) electrons. The Morgan fingerprint density at radius 3 is 2.52 bits per heavy atom. The van der Waals surface area contributed by atoms with E-state index in [1.807, 2.05) is 6.92 Å². The van der Waals surface area contributed by atoms with E-state index in [1.165, 1.54) is 24.2 Å². The monoisotopic (exact) mass is 298 g/mol. The van der Waals surface area contributed by atoms with Gasteiger partial charge in [0.1, 0.15) is 6.04 Å². The van der Waals surface area contributed by atoms with E-state index in [9.17, 15) is 14.7 Å². The predicted molar refractivity (Wildman–Crippen MR) is 77.9 cm³/mol. The van der Waals surface area contributed by atoms with Gasteiger partial charge in [-0.2, -0.15) is 0 Å². The Labute approximate surface area is 125 Å². The first-order valence-corrected chi connectivity index (χ1v) is 8.01. The highest BCUT2D eigenvalue weighted by Crippen LogP contribution is 2.28. The van der Waals surface area contributed by atoms with Gasteiger partial charge in [-0.25, -0.2) is 9.59 Å². The molecule has 1 saturated carbocycles. The molecule has 0 bridgehead atoms. The van der Waals surface area contributed by atoms with Gasteiger partial charge in [-0.05, 0) is 25.2 Å². The summed E-state index contributed by atoms with van der Waals surface area (Å²) in [5.74, 6) is -0.559. The van der Waals surface area contributed by atoms with E-state index in [0.29, 0.717) is 5.92 Å². The van der Waals surface area contributed by atoms with E-state index < -0.39 is 18.1 Å². The van der Waals surface area contributed by atoms with E-state index >= 15 is 0 Å². The molecule has 6 heteroatoms. The standard InChI is InChI=1S/C15H26N2O4/c1-2-12(10-6-4-3-5-7-10)16-15(21)17-9-11(18)8-13(17)14(19)20/h10-13,18H,2-9H2,1H3,(H,16,21)(H,19,20)/t11-,12?,13-/m1/s1. The van der Waals surface area contributed by atoms with Crippen LogP contribution in [0.3, 0.4) is 0 Å². The first kappa shape index (κ1) is 16.1. The zero-order valence-electron chi connectivity index (χ0n) is 12.6. The van der Waals surface area contributed by atoms with Gasteiger partial charge in [0.15, 0.2) is 0 Å². The van der Waals surface area contributed by atoms with Gasteiger partial charge in [0, 0.05) is 19.0 Å². The first-order chi connectivity index (χ1) is 10.0. The average Bonchev–Trinajstić information content (AvgIpc) is 2.88. The van der Waals surface area contributed by atoms with Crippen LogP contribution in [-0.2, 0) is 4.79 Å². The number of likely N-dealkylation sites (tertiary alicyclic amines) is 1. The quantitative estimate of drug-likeness (QED) is 0.735. The molecule has 1 aliphatic carbocycles. The molecule has 2 aliphatic rings. The highest BCUT2D eigenvalue weighted by atomic mass is 16.4. The molecule has 0 aromatic rings. The number of nitrogens with zero attached hydrogens (tertiary/aromatic N) is 1. The van der Waals surface area contributed by atoms with Crippen LogP contribution in [0.2, 0.25) is 0 Å². The summed E-state index contributed by atoms with van der Waals surface area (Å²) in [7, 11) is 0. The number of aliphatic hydroxyl groups excluding tert-OH is 1. The number of hydrogen-bond acceptors (Lipinski definition) is 3. The zero-order chi connectivity index (χ0) is 15.4. The molecule has 21 heavy (non-hydrogen) atoms. The number of carboxylic acid groups (broad SMARTS) is 1. The number of amides is 2. The topological polar surface area (TPSA) is 89.9 Å². The van der Waals surface area contributed by atoms with Crippen molar-refractivity contribution in [3.8, 4) is 0 Å². The van der Waals surface area contributed by atoms with Crippen molar-refractivity contribution in [2.75, 3.05) is 6.54 Å². The van der Waals surface area contributed by atoms with Crippen LogP contribution in [0.5, 0.6) is 0 Å².